The van der Waals surface area contributed by atoms with E-state index in [4.69, 9.17) is 4.42 Å². The zero-order chi connectivity index (χ0) is 16.7. The number of fused-ring (bicyclic) bond motifs is 2. The van der Waals surface area contributed by atoms with Crippen LogP contribution in [0.25, 0.3) is 0 Å². The minimum absolute atomic E-state index is 0.0279. The van der Waals surface area contributed by atoms with Gasteiger partial charge in [-0.2, -0.15) is 0 Å². The van der Waals surface area contributed by atoms with Gasteiger partial charge in [0.05, 0.1) is 5.56 Å². The van der Waals surface area contributed by atoms with Gasteiger partial charge in [0.1, 0.15) is 0 Å². The smallest absolute Gasteiger partial charge is 0.287 e. The highest BCUT2D eigenvalue weighted by atomic mass is 16.4. The predicted molar refractivity (Wildman–Crippen MR) is 86.4 cm³/mol. The van der Waals surface area contributed by atoms with Gasteiger partial charge in [0.2, 0.25) is 5.78 Å². The highest BCUT2D eigenvalue weighted by Crippen LogP contribution is 2.29. The molecule has 4 rings (SSSR count). The van der Waals surface area contributed by atoms with Crippen LogP contribution in [0, 0.1) is 0 Å². The molecule has 0 unspecified atom stereocenters. The van der Waals surface area contributed by atoms with Gasteiger partial charge in [0, 0.05) is 23.2 Å². The maximum Gasteiger partial charge on any atom is 0.287 e. The van der Waals surface area contributed by atoms with Crippen LogP contribution in [0.4, 0.5) is 0 Å². The number of carbonyl (C=O) groups excluding carboxylic acids is 3. The van der Waals surface area contributed by atoms with Crippen molar-refractivity contribution in [1.82, 2.24) is 5.32 Å². The van der Waals surface area contributed by atoms with Crippen molar-refractivity contribution in [3.63, 3.8) is 0 Å². The summed E-state index contributed by atoms with van der Waals surface area (Å²) in [4.78, 5) is 37.4. The molecule has 5 heteroatoms. The molecular formula is C19H17NO4. The van der Waals surface area contributed by atoms with Crippen LogP contribution in [0.15, 0.2) is 34.7 Å². The Bertz CT molecular complexity index is 790. The standard InChI is InChI=1S/C19H17NO4/c21-16-12-8-4-5-9-13(12)17(22)18-14(16)10-15(24-18)19(23)20-11-6-2-1-3-7-11/h4-5,8-11H,1-3,6-7H2,(H,20,23). The first-order chi connectivity index (χ1) is 11.6. The van der Waals surface area contributed by atoms with E-state index in [-0.39, 0.29) is 40.6 Å². The SMILES string of the molecule is O=C(NC1CCCCC1)c1cc2c(o1)C(=O)c1ccccc1C2=O. The summed E-state index contributed by atoms with van der Waals surface area (Å²) in [6.07, 6.45) is 5.31. The summed E-state index contributed by atoms with van der Waals surface area (Å²) in [5, 5.41) is 2.94. The molecule has 5 nitrogen and oxygen atoms in total. The third-order valence-electron chi connectivity index (χ3n) is 4.76. The minimum Gasteiger partial charge on any atom is -0.447 e. The Labute approximate surface area is 139 Å². The molecule has 0 atom stereocenters. The minimum atomic E-state index is -0.360. The van der Waals surface area contributed by atoms with Crippen LogP contribution in [0.1, 0.15) is 74.7 Å². The van der Waals surface area contributed by atoms with Crippen molar-refractivity contribution in [3.05, 3.63) is 58.5 Å². The average Bonchev–Trinajstić information content (AvgIpc) is 3.07. The van der Waals surface area contributed by atoms with E-state index in [0.29, 0.717) is 11.1 Å². The molecule has 0 spiro atoms. The number of hydrogen-bond acceptors (Lipinski definition) is 4. The summed E-state index contributed by atoms with van der Waals surface area (Å²) in [5.41, 5.74) is 0.853. The molecule has 122 valence electrons. The fourth-order valence-corrected chi connectivity index (χ4v) is 3.49. The van der Waals surface area contributed by atoms with Gasteiger partial charge >= 0.3 is 0 Å². The third-order valence-corrected chi connectivity index (χ3v) is 4.76. The Hall–Kier alpha value is -2.69. The number of carbonyl (C=O) groups is 3. The summed E-state index contributed by atoms with van der Waals surface area (Å²) in [6, 6.07) is 8.16. The zero-order valence-electron chi connectivity index (χ0n) is 13.1. The summed E-state index contributed by atoms with van der Waals surface area (Å²) >= 11 is 0. The van der Waals surface area contributed by atoms with Crippen LogP contribution in [-0.4, -0.2) is 23.5 Å². The van der Waals surface area contributed by atoms with E-state index in [0.717, 1.165) is 25.7 Å². The van der Waals surface area contributed by atoms with Crippen molar-refractivity contribution in [2.24, 2.45) is 0 Å². The van der Waals surface area contributed by atoms with Crippen LogP contribution in [0.3, 0.4) is 0 Å². The second-order valence-electron chi connectivity index (χ2n) is 6.37. The Morgan fingerprint density at radius 1 is 0.958 bits per heavy atom. The normalized spacial score (nSPS) is 17.3. The molecule has 1 N–H and O–H groups in total. The Morgan fingerprint density at radius 2 is 1.62 bits per heavy atom. The van der Waals surface area contributed by atoms with E-state index in [1.54, 1.807) is 24.3 Å². The lowest BCUT2D eigenvalue weighted by atomic mass is 9.88. The van der Waals surface area contributed by atoms with Crippen LogP contribution < -0.4 is 5.32 Å². The lowest BCUT2D eigenvalue weighted by Gasteiger charge is -2.22. The molecule has 1 fully saturated rings. The van der Waals surface area contributed by atoms with E-state index < -0.39 is 0 Å². The van der Waals surface area contributed by atoms with Gasteiger partial charge in [-0.05, 0) is 12.8 Å². The van der Waals surface area contributed by atoms with Crippen LogP contribution >= 0.6 is 0 Å². The van der Waals surface area contributed by atoms with Crippen molar-refractivity contribution in [2.75, 3.05) is 0 Å². The highest BCUT2D eigenvalue weighted by Gasteiger charge is 2.34. The Kier molecular flexibility index (Phi) is 3.56. The first-order valence-electron chi connectivity index (χ1n) is 8.28. The van der Waals surface area contributed by atoms with Gasteiger partial charge in [-0.1, -0.05) is 43.5 Å². The Morgan fingerprint density at radius 3 is 2.33 bits per heavy atom. The molecular weight excluding hydrogens is 306 g/mol. The average molecular weight is 323 g/mol. The fraction of sp³-hybridized carbons (Fsp3) is 0.316. The molecule has 2 aliphatic carbocycles. The number of ketones is 2. The van der Waals surface area contributed by atoms with Crippen molar-refractivity contribution in [3.8, 4) is 0 Å². The number of rotatable bonds is 2. The number of furan rings is 1. The topological polar surface area (TPSA) is 76.4 Å². The van der Waals surface area contributed by atoms with Gasteiger partial charge in [-0.15, -0.1) is 0 Å². The molecule has 0 bridgehead atoms. The molecule has 1 amide bonds. The van der Waals surface area contributed by atoms with E-state index in [1.807, 2.05) is 0 Å². The summed E-state index contributed by atoms with van der Waals surface area (Å²) < 4.78 is 5.47. The molecule has 1 aromatic heterocycles. The van der Waals surface area contributed by atoms with Crippen molar-refractivity contribution in [1.29, 1.82) is 0 Å². The maximum atomic E-state index is 12.5. The van der Waals surface area contributed by atoms with Crippen LogP contribution in [0.5, 0.6) is 0 Å². The van der Waals surface area contributed by atoms with Crippen LogP contribution in [-0.2, 0) is 0 Å². The van der Waals surface area contributed by atoms with E-state index in [9.17, 15) is 14.4 Å². The number of nitrogens with one attached hydrogen (secondary N) is 1. The number of benzene rings is 1. The zero-order valence-corrected chi connectivity index (χ0v) is 13.1. The molecule has 0 saturated heterocycles. The highest BCUT2D eigenvalue weighted by molar-refractivity contribution is 6.27. The first-order valence-corrected chi connectivity index (χ1v) is 8.28. The third kappa shape index (κ3) is 2.37. The van der Waals surface area contributed by atoms with Gasteiger partial charge in [-0.3, -0.25) is 14.4 Å². The van der Waals surface area contributed by atoms with Gasteiger partial charge in [0.25, 0.3) is 5.91 Å². The quantitative estimate of drug-likeness (QED) is 0.786. The first kappa shape index (κ1) is 14.9. The fourth-order valence-electron chi connectivity index (χ4n) is 3.49. The van der Waals surface area contributed by atoms with E-state index >= 15 is 0 Å². The lowest BCUT2D eigenvalue weighted by Crippen LogP contribution is -2.35. The van der Waals surface area contributed by atoms with Gasteiger partial charge < -0.3 is 9.73 Å². The summed E-state index contributed by atoms with van der Waals surface area (Å²) in [6.45, 7) is 0. The molecule has 1 aromatic carbocycles. The van der Waals surface area contributed by atoms with Crippen LogP contribution in [0.2, 0.25) is 0 Å². The molecule has 2 aromatic rings. The molecule has 24 heavy (non-hydrogen) atoms. The molecule has 2 aliphatic rings. The largest absolute Gasteiger partial charge is 0.447 e. The van der Waals surface area contributed by atoms with Crippen molar-refractivity contribution >= 4 is 17.5 Å². The second kappa shape index (κ2) is 5.74. The summed E-state index contributed by atoms with van der Waals surface area (Å²) in [5.74, 6) is -0.994. The molecule has 0 radical (unpaired) electrons. The predicted octanol–water partition coefficient (Wildman–Crippen LogP) is 3.12. The maximum absolute atomic E-state index is 12.5. The Balaban J connectivity index is 1.63. The van der Waals surface area contributed by atoms with E-state index in [1.165, 1.54) is 12.5 Å². The molecule has 1 heterocycles. The van der Waals surface area contributed by atoms with E-state index in [2.05, 4.69) is 5.32 Å². The lowest BCUT2D eigenvalue weighted by molar-refractivity contribution is 0.0891. The van der Waals surface area contributed by atoms with Crippen molar-refractivity contribution < 1.29 is 18.8 Å². The van der Waals surface area contributed by atoms with Gasteiger partial charge in [0.15, 0.2) is 17.3 Å². The van der Waals surface area contributed by atoms with Crippen molar-refractivity contribution in [2.45, 2.75) is 38.1 Å². The summed E-state index contributed by atoms with van der Waals surface area (Å²) in [7, 11) is 0. The number of amides is 1. The molecule has 0 aliphatic heterocycles. The second-order valence-corrected chi connectivity index (χ2v) is 6.37. The number of hydrogen-bond donors (Lipinski definition) is 1. The molecule has 1 saturated carbocycles. The monoisotopic (exact) mass is 323 g/mol. The van der Waals surface area contributed by atoms with Gasteiger partial charge in [-0.25, -0.2) is 0 Å².